The number of amides is 1. The van der Waals surface area contributed by atoms with E-state index in [1.165, 1.54) is 29.2 Å². The van der Waals surface area contributed by atoms with Gasteiger partial charge in [-0.05, 0) is 48.7 Å². The van der Waals surface area contributed by atoms with Crippen LogP contribution in [0.4, 0.5) is 10.1 Å². The number of hydrogen-bond acceptors (Lipinski definition) is 3. The Morgan fingerprint density at radius 3 is 2.52 bits per heavy atom. The van der Waals surface area contributed by atoms with Crippen LogP contribution in [0.1, 0.15) is 18.9 Å². The molecule has 1 heterocycles. The summed E-state index contributed by atoms with van der Waals surface area (Å²) in [6.07, 6.45) is 0.946. The van der Waals surface area contributed by atoms with Gasteiger partial charge in [0.25, 0.3) is 0 Å². The fraction of sp³-hybridized carbons (Fsp3) is 0.278. The number of carbonyl (C=O) groups excluding carboxylic acids is 1. The first-order valence-corrected chi connectivity index (χ1v) is 9.58. The lowest BCUT2D eigenvalue weighted by Crippen LogP contribution is -2.41. The van der Waals surface area contributed by atoms with E-state index in [1.807, 2.05) is 6.92 Å². The molecule has 1 aliphatic rings. The van der Waals surface area contributed by atoms with E-state index in [2.05, 4.69) is 4.72 Å². The summed E-state index contributed by atoms with van der Waals surface area (Å²) in [6, 6.07) is 11.5. The Balaban J connectivity index is 1.79. The van der Waals surface area contributed by atoms with Crippen molar-refractivity contribution in [2.24, 2.45) is 0 Å². The zero-order valence-electron chi connectivity index (χ0n) is 13.8. The molecule has 1 aliphatic heterocycles. The third-order valence-corrected chi connectivity index (χ3v) is 5.86. The second-order valence-corrected chi connectivity index (χ2v) is 7.57. The molecular formula is C18H19FN2O3S. The van der Waals surface area contributed by atoms with Crippen LogP contribution in [0.15, 0.2) is 53.4 Å². The zero-order chi connectivity index (χ0) is 18.0. The van der Waals surface area contributed by atoms with Crippen LogP contribution in [-0.4, -0.2) is 26.9 Å². The van der Waals surface area contributed by atoms with E-state index in [1.54, 1.807) is 24.3 Å². The number of halogens is 1. The van der Waals surface area contributed by atoms with Crippen molar-refractivity contribution in [3.05, 3.63) is 59.9 Å². The van der Waals surface area contributed by atoms with Gasteiger partial charge in [0.05, 0.1) is 4.90 Å². The van der Waals surface area contributed by atoms with Gasteiger partial charge in [-0.2, -0.15) is 4.72 Å². The maximum atomic E-state index is 13.0. The van der Waals surface area contributed by atoms with Gasteiger partial charge in [0, 0.05) is 12.2 Å². The molecule has 0 spiro atoms. The van der Waals surface area contributed by atoms with Crippen LogP contribution in [-0.2, 0) is 21.2 Å². The van der Waals surface area contributed by atoms with Crippen LogP contribution in [0.2, 0.25) is 0 Å². The molecule has 1 saturated heterocycles. The molecule has 0 aliphatic carbocycles. The number of benzene rings is 2. The Morgan fingerprint density at radius 2 is 1.84 bits per heavy atom. The lowest BCUT2D eigenvalue weighted by Gasteiger charge is -2.18. The van der Waals surface area contributed by atoms with Crippen LogP contribution < -0.4 is 9.62 Å². The molecule has 0 unspecified atom stereocenters. The molecule has 0 radical (unpaired) electrons. The average Bonchev–Trinajstić information content (AvgIpc) is 2.96. The summed E-state index contributed by atoms with van der Waals surface area (Å²) < 4.78 is 40.9. The van der Waals surface area contributed by atoms with Crippen molar-refractivity contribution in [1.29, 1.82) is 0 Å². The molecule has 0 saturated carbocycles. The minimum Gasteiger partial charge on any atom is -0.311 e. The summed E-state index contributed by atoms with van der Waals surface area (Å²) in [6.45, 7) is 2.26. The van der Waals surface area contributed by atoms with Crippen LogP contribution in [0, 0.1) is 5.82 Å². The summed E-state index contributed by atoms with van der Waals surface area (Å²) in [4.78, 5) is 14.2. The van der Waals surface area contributed by atoms with Crippen molar-refractivity contribution in [2.75, 3.05) is 11.4 Å². The van der Waals surface area contributed by atoms with E-state index in [9.17, 15) is 17.6 Å². The van der Waals surface area contributed by atoms with Crippen LogP contribution in [0.25, 0.3) is 0 Å². The van der Waals surface area contributed by atoms with E-state index >= 15 is 0 Å². The Bertz CT molecular complexity index is 881. The first-order valence-electron chi connectivity index (χ1n) is 8.09. The normalized spacial score (nSPS) is 17.9. The highest BCUT2D eigenvalue weighted by molar-refractivity contribution is 7.89. The lowest BCUT2D eigenvalue weighted by molar-refractivity contribution is -0.118. The average molecular weight is 362 g/mol. The fourth-order valence-corrected chi connectivity index (χ4v) is 4.51. The van der Waals surface area contributed by atoms with E-state index < -0.39 is 16.1 Å². The second-order valence-electron chi connectivity index (χ2n) is 5.89. The maximum absolute atomic E-state index is 13.0. The fourth-order valence-electron chi connectivity index (χ4n) is 2.98. The zero-order valence-corrected chi connectivity index (χ0v) is 14.6. The van der Waals surface area contributed by atoms with Crippen molar-refractivity contribution in [1.82, 2.24) is 4.72 Å². The molecule has 132 valence electrons. The Hall–Kier alpha value is -2.25. The SMILES string of the molecule is CCc1ccccc1S(=O)(=O)N[C@H]1CCN(c2ccc(F)cc2)C1=O. The first kappa shape index (κ1) is 17.6. The largest absolute Gasteiger partial charge is 0.311 e. The molecule has 7 heteroatoms. The number of hydrogen-bond donors (Lipinski definition) is 1. The van der Waals surface area contributed by atoms with Crippen LogP contribution in [0.5, 0.6) is 0 Å². The maximum Gasteiger partial charge on any atom is 0.245 e. The number of nitrogens with zero attached hydrogens (tertiary/aromatic N) is 1. The third-order valence-electron chi connectivity index (χ3n) is 4.28. The summed E-state index contributed by atoms with van der Waals surface area (Å²) >= 11 is 0. The third kappa shape index (κ3) is 3.57. The Labute approximate surface area is 146 Å². The molecule has 1 N–H and O–H groups in total. The van der Waals surface area contributed by atoms with Crippen molar-refractivity contribution in [3.63, 3.8) is 0 Å². The summed E-state index contributed by atoms with van der Waals surface area (Å²) in [5.41, 5.74) is 1.26. The highest BCUT2D eigenvalue weighted by Gasteiger charge is 2.36. The van der Waals surface area contributed by atoms with Crippen molar-refractivity contribution >= 4 is 21.6 Å². The molecule has 2 aromatic rings. The Kier molecular flexibility index (Phi) is 4.87. The van der Waals surface area contributed by atoms with Gasteiger partial charge in [0.1, 0.15) is 11.9 Å². The van der Waals surface area contributed by atoms with E-state index in [4.69, 9.17) is 0 Å². The molecule has 0 aromatic heterocycles. The van der Waals surface area contributed by atoms with Crippen LogP contribution >= 0.6 is 0 Å². The molecule has 2 aromatic carbocycles. The van der Waals surface area contributed by atoms with Crippen molar-refractivity contribution < 1.29 is 17.6 Å². The number of nitrogens with one attached hydrogen (secondary N) is 1. The minimum absolute atomic E-state index is 0.200. The smallest absolute Gasteiger partial charge is 0.245 e. The van der Waals surface area contributed by atoms with Gasteiger partial charge >= 0.3 is 0 Å². The lowest BCUT2D eigenvalue weighted by atomic mass is 10.2. The molecule has 5 nitrogen and oxygen atoms in total. The molecule has 1 amide bonds. The van der Waals surface area contributed by atoms with Gasteiger partial charge in [-0.15, -0.1) is 0 Å². The van der Waals surface area contributed by atoms with Gasteiger partial charge in [-0.25, -0.2) is 12.8 Å². The van der Waals surface area contributed by atoms with Gasteiger partial charge in [-0.3, -0.25) is 4.79 Å². The highest BCUT2D eigenvalue weighted by Crippen LogP contribution is 2.24. The summed E-state index contributed by atoms with van der Waals surface area (Å²) in [7, 11) is -3.79. The van der Waals surface area contributed by atoms with Crippen molar-refractivity contribution in [2.45, 2.75) is 30.7 Å². The first-order chi connectivity index (χ1) is 11.9. The highest BCUT2D eigenvalue weighted by atomic mass is 32.2. The number of aryl methyl sites for hydroxylation is 1. The van der Waals surface area contributed by atoms with Crippen molar-refractivity contribution in [3.8, 4) is 0 Å². The molecule has 3 rings (SSSR count). The van der Waals surface area contributed by atoms with Gasteiger partial charge in [0.15, 0.2) is 0 Å². The number of rotatable bonds is 5. The monoisotopic (exact) mass is 362 g/mol. The number of carbonyl (C=O) groups is 1. The predicted octanol–water partition coefficient (Wildman–Crippen LogP) is 2.47. The quantitative estimate of drug-likeness (QED) is 0.889. The van der Waals surface area contributed by atoms with Gasteiger partial charge < -0.3 is 4.90 Å². The topological polar surface area (TPSA) is 66.5 Å². The summed E-state index contributed by atoms with van der Waals surface area (Å²) in [5.74, 6) is -0.715. The molecule has 1 fully saturated rings. The molecule has 25 heavy (non-hydrogen) atoms. The minimum atomic E-state index is -3.79. The van der Waals surface area contributed by atoms with E-state index in [0.717, 1.165) is 0 Å². The summed E-state index contributed by atoms with van der Waals surface area (Å²) in [5, 5.41) is 0. The second kappa shape index (κ2) is 6.93. The number of sulfonamides is 1. The van der Waals surface area contributed by atoms with Gasteiger partial charge in [0.2, 0.25) is 15.9 Å². The van der Waals surface area contributed by atoms with Gasteiger partial charge in [-0.1, -0.05) is 25.1 Å². The molecule has 0 bridgehead atoms. The van der Waals surface area contributed by atoms with Crippen LogP contribution in [0.3, 0.4) is 0 Å². The number of anilines is 1. The molecular weight excluding hydrogens is 343 g/mol. The molecule has 1 atom stereocenters. The predicted molar refractivity (Wildman–Crippen MR) is 93.3 cm³/mol. The standard InChI is InChI=1S/C18H19FN2O3S/c1-2-13-5-3-4-6-17(13)25(23,24)20-16-11-12-21(18(16)22)15-9-7-14(19)8-10-15/h3-10,16,20H,2,11-12H2,1H3/t16-/m0/s1. The Morgan fingerprint density at radius 1 is 1.16 bits per heavy atom. The van der Waals surface area contributed by atoms with E-state index in [-0.39, 0.29) is 16.6 Å². The van der Waals surface area contributed by atoms with E-state index in [0.29, 0.717) is 30.6 Å².